The highest BCUT2D eigenvalue weighted by atomic mass is 19.1. The summed E-state index contributed by atoms with van der Waals surface area (Å²) >= 11 is 0. The second-order valence-corrected chi connectivity index (χ2v) is 4.06. The standard InChI is InChI=1S/C12H11FN4O3/c1-16-10(18)9(11(19)17(2)12(16)20)15-14-8-5-3-4-7(13)6-8/h3-6,18H,1-2H3. The number of benzene rings is 1. The third-order valence-corrected chi connectivity index (χ3v) is 2.68. The summed E-state index contributed by atoms with van der Waals surface area (Å²) in [7, 11) is 2.55. The lowest BCUT2D eigenvalue weighted by Crippen LogP contribution is -2.36. The normalized spacial score (nSPS) is 11.2. The Labute approximate surface area is 112 Å². The minimum atomic E-state index is -0.786. The molecular formula is C12H11FN4O3. The summed E-state index contributed by atoms with van der Waals surface area (Å²) in [4.78, 5) is 23.3. The van der Waals surface area contributed by atoms with Gasteiger partial charge in [-0.15, -0.1) is 5.11 Å². The number of rotatable bonds is 2. The van der Waals surface area contributed by atoms with Crippen molar-refractivity contribution < 1.29 is 9.50 Å². The van der Waals surface area contributed by atoms with Crippen LogP contribution < -0.4 is 11.2 Å². The molecule has 20 heavy (non-hydrogen) atoms. The van der Waals surface area contributed by atoms with E-state index >= 15 is 0 Å². The molecule has 1 aromatic heterocycles. The van der Waals surface area contributed by atoms with Gasteiger partial charge in [0.25, 0.3) is 5.56 Å². The topological polar surface area (TPSA) is 88.9 Å². The molecule has 0 unspecified atom stereocenters. The number of hydrogen-bond donors (Lipinski definition) is 1. The summed E-state index contributed by atoms with van der Waals surface area (Å²) in [6.45, 7) is 0. The molecule has 7 nitrogen and oxygen atoms in total. The highest BCUT2D eigenvalue weighted by Crippen LogP contribution is 2.22. The average Bonchev–Trinajstić information content (AvgIpc) is 2.43. The molecule has 0 spiro atoms. The summed E-state index contributed by atoms with van der Waals surface area (Å²) in [6, 6.07) is 5.27. The number of azo groups is 1. The number of halogens is 1. The Morgan fingerprint density at radius 2 is 1.85 bits per heavy atom. The predicted octanol–water partition coefficient (Wildman–Crippen LogP) is 1.34. The molecule has 0 saturated heterocycles. The van der Waals surface area contributed by atoms with Crippen LogP contribution in [0.4, 0.5) is 15.8 Å². The van der Waals surface area contributed by atoms with Gasteiger partial charge in [-0.1, -0.05) is 6.07 Å². The molecule has 0 atom stereocenters. The molecule has 0 amide bonds. The molecule has 0 fully saturated rings. The third kappa shape index (κ3) is 2.35. The molecule has 0 bridgehead atoms. The molecule has 2 aromatic rings. The molecule has 104 valence electrons. The van der Waals surface area contributed by atoms with Crippen LogP contribution in [0.25, 0.3) is 0 Å². The zero-order valence-corrected chi connectivity index (χ0v) is 10.7. The van der Waals surface area contributed by atoms with Crippen molar-refractivity contribution in [3.63, 3.8) is 0 Å². The van der Waals surface area contributed by atoms with Gasteiger partial charge in [0, 0.05) is 20.2 Å². The molecule has 0 saturated carbocycles. The second-order valence-electron chi connectivity index (χ2n) is 4.06. The number of nitrogens with zero attached hydrogens (tertiary/aromatic N) is 4. The van der Waals surface area contributed by atoms with Crippen LogP contribution in [0.2, 0.25) is 0 Å². The monoisotopic (exact) mass is 278 g/mol. The number of hydrogen-bond acceptors (Lipinski definition) is 5. The van der Waals surface area contributed by atoms with Gasteiger partial charge in [-0.3, -0.25) is 13.9 Å². The van der Waals surface area contributed by atoms with Crippen molar-refractivity contribution in [2.45, 2.75) is 0 Å². The lowest BCUT2D eigenvalue weighted by Gasteiger charge is -2.06. The highest BCUT2D eigenvalue weighted by Gasteiger charge is 2.14. The molecule has 2 rings (SSSR count). The van der Waals surface area contributed by atoms with E-state index in [9.17, 15) is 19.1 Å². The average molecular weight is 278 g/mol. The first kappa shape index (κ1) is 13.7. The van der Waals surface area contributed by atoms with Gasteiger partial charge in [0.1, 0.15) is 5.82 Å². The van der Waals surface area contributed by atoms with Gasteiger partial charge in [0.2, 0.25) is 11.6 Å². The maximum atomic E-state index is 13.0. The van der Waals surface area contributed by atoms with Crippen LogP contribution in [-0.4, -0.2) is 14.2 Å². The van der Waals surface area contributed by atoms with E-state index in [2.05, 4.69) is 10.2 Å². The van der Waals surface area contributed by atoms with Crippen molar-refractivity contribution in [3.05, 3.63) is 50.9 Å². The molecular weight excluding hydrogens is 267 g/mol. The van der Waals surface area contributed by atoms with E-state index in [4.69, 9.17) is 0 Å². The van der Waals surface area contributed by atoms with E-state index < -0.39 is 22.9 Å². The Morgan fingerprint density at radius 1 is 1.15 bits per heavy atom. The maximum Gasteiger partial charge on any atom is 0.333 e. The van der Waals surface area contributed by atoms with Crippen molar-refractivity contribution in [1.29, 1.82) is 0 Å². The summed E-state index contributed by atoms with van der Waals surface area (Å²) in [5, 5.41) is 17.0. The van der Waals surface area contributed by atoms with E-state index in [0.717, 1.165) is 15.2 Å². The lowest BCUT2D eigenvalue weighted by atomic mass is 10.3. The molecule has 1 heterocycles. The SMILES string of the molecule is Cn1c(O)c(N=Nc2cccc(F)c2)c(=O)n(C)c1=O. The van der Waals surface area contributed by atoms with Gasteiger partial charge in [-0.2, -0.15) is 5.11 Å². The summed E-state index contributed by atoms with van der Waals surface area (Å²) < 4.78 is 14.6. The van der Waals surface area contributed by atoms with E-state index in [-0.39, 0.29) is 11.4 Å². The van der Waals surface area contributed by atoms with E-state index in [0.29, 0.717) is 0 Å². The first-order chi connectivity index (χ1) is 9.41. The van der Waals surface area contributed by atoms with Crippen LogP contribution in [0.5, 0.6) is 5.88 Å². The van der Waals surface area contributed by atoms with Crippen molar-refractivity contribution in [2.24, 2.45) is 24.3 Å². The molecule has 0 aliphatic carbocycles. The Kier molecular flexibility index (Phi) is 3.47. The fraction of sp³-hybridized carbons (Fsp3) is 0.167. The van der Waals surface area contributed by atoms with Crippen molar-refractivity contribution in [2.75, 3.05) is 0 Å². The van der Waals surface area contributed by atoms with Crippen LogP contribution in [0.15, 0.2) is 44.1 Å². The minimum Gasteiger partial charge on any atom is -0.493 e. The van der Waals surface area contributed by atoms with Gasteiger partial charge in [-0.25, -0.2) is 9.18 Å². The van der Waals surface area contributed by atoms with E-state index in [1.807, 2.05) is 0 Å². The third-order valence-electron chi connectivity index (χ3n) is 2.68. The van der Waals surface area contributed by atoms with Gasteiger partial charge >= 0.3 is 5.69 Å². The number of aromatic hydroxyl groups is 1. The van der Waals surface area contributed by atoms with Crippen molar-refractivity contribution in [3.8, 4) is 5.88 Å². The first-order valence-corrected chi connectivity index (χ1v) is 5.58. The Hall–Kier alpha value is -2.77. The molecule has 1 aromatic carbocycles. The largest absolute Gasteiger partial charge is 0.493 e. The molecule has 0 radical (unpaired) electrons. The van der Waals surface area contributed by atoms with Crippen LogP contribution in [0.3, 0.4) is 0 Å². The van der Waals surface area contributed by atoms with Gasteiger partial charge in [0.05, 0.1) is 5.69 Å². The van der Waals surface area contributed by atoms with Crippen molar-refractivity contribution >= 4 is 11.4 Å². The fourth-order valence-electron chi connectivity index (χ4n) is 1.55. The van der Waals surface area contributed by atoms with Gasteiger partial charge < -0.3 is 5.11 Å². The molecule has 0 aliphatic heterocycles. The molecule has 1 N–H and O–H groups in total. The highest BCUT2D eigenvalue weighted by molar-refractivity contribution is 5.45. The lowest BCUT2D eigenvalue weighted by molar-refractivity contribution is 0.413. The predicted molar refractivity (Wildman–Crippen MR) is 69.2 cm³/mol. The number of aromatic nitrogens is 2. The molecule has 0 aliphatic rings. The van der Waals surface area contributed by atoms with Crippen molar-refractivity contribution in [1.82, 2.24) is 9.13 Å². The first-order valence-electron chi connectivity index (χ1n) is 5.58. The zero-order valence-electron chi connectivity index (χ0n) is 10.7. The van der Waals surface area contributed by atoms with E-state index in [1.54, 1.807) is 0 Å². The summed E-state index contributed by atoms with van der Waals surface area (Å²) in [6.07, 6.45) is 0. The minimum absolute atomic E-state index is 0.181. The van der Waals surface area contributed by atoms with Crippen LogP contribution in [-0.2, 0) is 14.1 Å². The fourth-order valence-corrected chi connectivity index (χ4v) is 1.55. The zero-order chi connectivity index (χ0) is 14.9. The van der Waals surface area contributed by atoms with Crippen LogP contribution in [0.1, 0.15) is 0 Å². The summed E-state index contributed by atoms with van der Waals surface area (Å²) in [5.41, 5.74) is -1.68. The van der Waals surface area contributed by atoms with Gasteiger partial charge in [0.15, 0.2) is 0 Å². The molecule has 8 heteroatoms. The van der Waals surface area contributed by atoms with Crippen LogP contribution >= 0.6 is 0 Å². The quantitative estimate of drug-likeness (QED) is 0.841. The van der Waals surface area contributed by atoms with Crippen LogP contribution in [0, 0.1) is 5.82 Å². The summed E-state index contributed by atoms with van der Waals surface area (Å²) in [5.74, 6) is -1.10. The Morgan fingerprint density at radius 3 is 2.50 bits per heavy atom. The smallest absolute Gasteiger partial charge is 0.333 e. The second kappa shape index (κ2) is 5.08. The Bertz CT molecular complexity index is 807. The Balaban J connectivity index is 2.55. The maximum absolute atomic E-state index is 13.0. The van der Waals surface area contributed by atoms with Gasteiger partial charge in [-0.05, 0) is 12.1 Å². The van der Waals surface area contributed by atoms with E-state index in [1.165, 1.54) is 32.3 Å².